The highest BCUT2D eigenvalue weighted by molar-refractivity contribution is 5.90. The van der Waals surface area contributed by atoms with Crippen molar-refractivity contribution in [2.45, 2.75) is 13.0 Å². The summed E-state index contributed by atoms with van der Waals surface area (Å²) in [5.74, 6) is -5.03. The van der Waals surface area contributed by atoms with Crippen molar-refractivity contribution in [3.63, 3.8) is 0 Å². The Morgan fingerprint density at radius 3 is 1.73 bits per heavy atom. The summed E-state index contributed by atoms with van der Waals surface area (Å²) in [6, 6.07) is 17.2. The molecule has 0 saturated heterocycles. The Morgan fingerprint density at radius 2 is 1.24 bits per heavy atom. The van der Waals surface area contributed by atoms with Crippen molar-refractivity contribution in [3.05, 3.63) is 78.4 Å². The smallest absolute Gasteiger partial charge is 0.328 e. The zero-order chi connectivity index (χ0) is 27.8. The summed E-state index contributed by atoms with van der Waals surface area (Å²) < 4.78 is 0. The molecule has 37 heavy (non-hydrogen) atoms. The van der Waals surface area contributed by atoms with Crippen molar-refractivity contribution in [2.75, 3.05) is 37.4 Å². The van der Waals surface area contributed by atoms with Crippen LogP contribution in [0.15, 0.2) is 72.8 Å². The maximum Gasteiger partial charge on any atom is 0.328 e. The van der Waals surface area contributed by atoms with E-state index in [1.54, 1.807) is 0 Å². The van der Waals surface area contributed by atoms with Crippen molar-refractivity contribution in [1.29, 1.82) is 0 Å². The average Bonchev–Trinajstić information content (AvgIpc) is 2.98. The molecular weight excluding hydrogens is 482 g/mol. The van der Waals surface area contributed by atoms with E-state index in [1.807, 2.05) is 0 Å². The van der Waals surface area contributed by atoms with Gasteiger partial charge in [0.05, 0.1) is 11.4 Å². The highest BCUT2D eigenvalue weighted by atomic mass is 16.4. The fourth-order valence-corrected chi connectivity index (χ4v) is 3.13. The second kappa shape index (κ2) is 16.1. The van der Waals surface area contributed by atoms with Gasteiger partial charge in [-0.1, -0.05) is 30.3 Å². The third kappa shape index (κ3) is 13.1. The lowest BCUT2D eigenvalue weighted by atomic mass is 10.1. The van der Waals surface area contributed by atoms with Gasteiger partial charge in [0.15, 0.2) is 0 Å². The van der Waals surface area contributed by atoms with E-state index in [2.05, 4.69) is 77.7 Å². The van der Waals surface area contributed by atoms with Gasteiger partial charge in [0, 0.05) is 43.1 Å². The maximum absolute atomic E-state index is 9.55. The van der Waals surface area contributed by atoms with Gasteiger partial charge < -0.3 is 35.5 Å². The largest absolute Gasteiger partial charge is 0.478 e. The molecule has 2 aromatic carbocycles. The van der Waals surface area contributed by atoms with E-state index in [0.29, 0.717) is 24.3 Å². The molecule has 0 aliphatic carbocycles. The minimum absolute atomic E-state index is 0.558. The summed E-state index contributed by atoms with van der Waals surface area (Å²) in [5.41, 5.74) is 5.08. The normalized spacial score (nSPS) is 11.7. The van der Waals surface area contributed by atoms with E-state index in [9.17, 15) is 19.2 Å². The zero-order valence-electron chi connectivity index (χ0n) is 20.6. The Morgan fingerprint density at radius 1 is 0.784 bits per heavy atom. The predicted octanol–water partition coefficient (Wildman–Crippen LogP) is 3.13. The fraction of sp³-hybridized carbons (Fsp3) is 0.231. The fourth-order valence-electron chi connectivity index (χ4n) is 3.13. The summed E-state index contributed by atoms with van der Waals surface area (Å²) in [6.45, 7) is 3.16. The Labute approximate surface area is 214 Å². The van der Waals surface area contributed by atoms with Gasteiger partial charge in [-0.3, -0.25) is 0 Å². The number of aliphatic carboxylic acids is 4. The highest BCUT2D eigenvalue weighted by Gasteiger charge is 2.17. The van der Waals surface area contributed by atoms with Crippen LogP contribution in [0.25, 0.3) is 0 Å². The molecule has 0 spiro atoms. The molecule has 3 rings (SSSR count). The summed E-state index contributed by atoms with van der Waals surface area (Å²) in [6.07, 6.45) is 3.40. The number of para-hydroxylation sites is 3. The third-order valence-corrected chi connectivity index (χ3v) is 4.66. The van der Waals surface area contributed by atoms with Crippen LogP contribution in [0.1, 0.15) is 12.0 Å². The number of hydrogen-bond acceptors (Lipinski definition) is 7. The molecule has 1 aliphatic rings. The number of hydrogen-bond donors (Lipinski definition) is 5. The number of rotatable bonds is 8. The predicted molar refractivity (Wildman–Crippen MR) is 139 cm³/mol. The van der Waals surface area contributed by atoms with E-state index < -0.39 is 23.9 Å². The lowest BCUT2D eigenvalue weighted by molar-refractivity contribution is -0.134. The number of fused-ring (bicyclic) bond motifs is 2. The molecule has 0 fully saturated rings. The van der Waals surface area contributed by atoms with Crippen molar-refractivity contribution in [3.8, 4) is 0 Å². The minimum Gasteiger partial charge on any atom is -0.478 e. The highest BCUT2D eigenvalue weighted by Crippen LogP contribution is 2.35. The lowest BCUT2D eigenvalue weighted by Gasteiger charge is -2.25. The first kappa shape index (κ1) is 30.4. The molecule has 11 nitrogen and oxygen atoms in total. The van der Waals surface area contributed by atoms with Crippen molar-refractivity contribution >= 4 is 40.9 Å². The van der Waals surface area contributed by atoms with Gasteiger partial charge in [0.2, 0.25) is 0 Å². The van der Waals surface area contributed by atoms with Gasteiger partial charge >= 0.3 is 23.9 Å². The quantitative estimate of drug-likeness (QED) is 0.329. The summed E-state index contributed by atoms with van der Waals surface area (Å²) >= 11 is 0. The summed E-state index contributed by atoms with van der Waals surface area (Å²) in [5, 5.41) is 34.8. The number of nitrogens with zero attached hydrogens (tertiary/aromatic N) is 2. The molecular formula is C26H31N3O8. The zero-order valence-corrected chi connectivity index (χ0v) is 20.6. The van der Waals surface area contributed by atoms with E-state index >= 15 is 0 Å². The number of nitrogens with one attached hydrogen (secondary N) is 1. The van der Waals surface area contributed by atoms with Crippen LogP contribution in [-0.4, -0.2) is 76.4 Å². The first-order valence-corrected chi connectivity index (χ1v) is 11.1. The van der Waals surface area contributed by atoms with Crippen LogP contribution in [-0.2, 0) is 25.7 Å². The summed E-state index contributed by atoms with van der Waals surface area (Å²) in [4.78, 5) is 42.9. The number of carboxylic acids is 4. The second-order valence-corrected chi connectivity index (χ2v) is 7.90. The monoisotopic (exact) mass is 513 g/mol. The maximum atomic E-state index is 9.55. The second-order valence-electron chi connectivity index (χ2n) is 7.90. The van der Waals surface area contributed by atoms with E-state index in [0.717, 1.165) is 19.6 Å². The molecule has 1 heterocycles. The molecule has 2 aromatic rings. The van der Waals surface area contributed by atoms with Gasteiger partial charge in [0.1, 0.15) is 0 Å². The standard InChI is InChI=1S/C18H23N3.2C4H4O4/c1-20(2)12-7-13-21-14-15-8-3-4-9-16(15)19-17-10-5-6-11-18(17)21;2*5-3(6)1-2-4(7)8/h3-6,8-11,19H,7,12-14H2,1-2H3;2*1-2H,(H,5,6)(H,7,8)/b;2*2-1-. The molecule has 0 saturated carbocycles. The lowest BCUT2D eigenvalue weighted by Crippen LogP contribution is -2.26. The molecule has 0 unspecified atom stereocenters. The minimum atomic E-state index is -1.26. The number of benzene rings is 2. The van der Waals surface area contributed by atoms with Gasteiger partial charge in [0.25, 0.3) is 0 Å². The van der Waals surface area contributed by atoms with Crippen LogP contribution < -0.4 is 10.2 Å². The van der Waals surface area contributed by atoms with E-state index in [1.165, 1.54) is 29.0 Å². The molecule has 0 bridgehead atoms. The van der Waals surface area contributed by atoms with Gasteiger partial charge in [-0.15, -0.1) is 0 Å². The Bertz CT molecular complexity index is 1060. The van der Waals surface area contributed by atoms with E-state index in [-0.39, 0.29) is 0 Å². The molecule has 198 valence electrons. The Kier molecular flexibility index (Phi) is 13.2. The number of anilines is 3. The molecule has 1 aliphatic heterocycles. The number of carbonyl (C=O) groups is 4. The van der Waals surface area contributed by atoms with Crippen LogP contribution in [0.3, 0.4) is 0 Å². The molecule has 0 atom stereocenters. The van der Waals surface area contributed by atoms with Gasteiger partial charge in [-0.25, -0.2) is 19.2 Å². The van der Waals surface area contributed by atoms with Crippen LogP contribution in [0.5, 0.6) is 0 Å². The van der Waals surface area contributed by atoms with Crippen LogP contribution >= 0.6 is 0 Å². The summed E-state index contributed by atoms with van der Waals surface area (Å²) in [7, 11) is 4.26. The van der Waals surface area contributed by atoms with Crippen LogP contribution in [0.4, 0.5) is 17.1 Å². The Hall–Kier alpha value is -4.64. The van der Waals surface area contributed by atoms with E-state index in [4.69, 9.17) is 20.4 Å². The molecule has 0 radical (unpaired) electrons. The first-order valence-electron chi connectivity index (χ1n) is 11.1. The average molecular weight is 514 g/mol. The molecule has 0 amide bonds. The first-order chi connectivity index (χ1) is 17.5. The van der Waals surface area contributed by atoms with Gasteiger partial charge in [-0.2, -0.15) is 0 Å². The Balaban J connectivity index is 0.000000355. The third-order valence-electron chi connectivity index (χ3n) is 4.66. The van der Waals surface area contributed by atoms with Crippen LogP contribution in [0.2, 0.25) is 0 Å². The van der Waals surface area contributed by atoms with Gasteiger partial charge in [-0.05, 0) is 50.8 Å². The SMILES string of the molecule is CN(C)CCCN1Cc2ccccc2Nc2ccccc21.O=C(O)/C=C\C(=O)O.O=C(O)/C=C\C(=O)O. The van der Waals surface area contributed by atoms with Crippen molar-refractivity contribution in [1.82, 2.24) is 4.90 Å². The molecule has 11 heteroatoms. The number of carboxylic acid groups (broad SMARTS) is 4. The van der Waals surface area contributed by atoms with Crippen molar-refractivity contribution < 1.29 is 39.6 Å². The van der Waals surface area contributed by atoms with Crippen LogP contribution in [0, 0.1) is 0 Å². The van der Waals surface area contributed by atoms with Crippen molar-refractivity contribution in [2.24, 2.45) is 0 Å². The molecule has 0 aromatic heterocycles. The molecule has 5 N–H and O–H groups in total. The topological polar surface area (TPSA) is 168 Å².